The zero-order chi connectivity index (χ0) is 24.1. The van der Waals surface area contributed by atoms with E-state index in [1.165, 1.54) is 18.5 Å². The van der Waals surface area contributed by atoms with E-state index in [0.717, 1.165) is 6.26 Å². The number of pyridine rings is 1. The van der Waals surface area contributed by atoms with E-state index in [4.69, 9.17) is 4.74 Å². The summed E-state index contributed by atoms with van der Waals surface area (Å²) in [6.07, 6.45) is 4.98. The molecule has 190 valence electrons. The van der Waals surface area contributed by atoms with E-state index in [0.29, 0.717) is 37.3 Å². The normalized spacial score (nSPS) is 13.5. The maximum atomic E-state index is 12.6. The van der Waals surface area contributed by atoms with Crippen LogP contribution in [0.15, 0.2) is 59.9 Å². The van der Waals surface area contributed by atoms with Crippen molar-refractivity contribution in [2.75, 3.05) is 24.7 Å². The first-order chi connectivity index (χ1) is 16.3. The van der Waals surface area contributed by atoms with Gasteiger partial charge >= 0.3 is 0 Å². The maximum absolute atomic E-state index is 12.6. The Labute approximate surface area is 211 Å². The predicted octanol–water partition coefficient (Wildman–Crippen LogP) is 3.85. The highest BCUT2D eigenvalue weighted by Gasteiger charge is 2.26. The van der Waals surface area contributed by atoms with Crippen molar-refractivity contribution < 1.29 is 17.9 Å². The van der Waals surface area contributed by atoms with E-state index in [1.807, 2.05) is 0 Å². The quantitative estimate of drug-likeness (QED) is 0.524. The largest absolute Gasteiger partial charge is 0.473 e. The summed E-state index contributed by atoms with van der Waals surface area (Å²) in [5.41, 5.74) is 1.11. The van der Waals surface area contributed by atoms with E-state index in [1.54, 1.807) is 41.4 Å². The first-order valence-electron chi connectivity index (χ1n) is 10.5. The van der Waals surface area contributed by atoms with Crippen molar-refractivity contribution >= 4 is 27.2 Å². The molecule has 4 rings (SSSR count). The van der Waals surface area contributed by atoms with Crippen LogP contribution in [-0.2, 0) is 9.84 Å². The fraction of sp³-hybridized carbons (Fsp3) is 0.320. The number of likely N-dealkylation sites (tertiary alicyclic amines) is 1. The van der Waals surface area contributed by atoms with Gasteiger partial charge in [-0.25, -0.2) is 18.4 Å². The number of sulfone groups is 1. The first kappa shape index (κ1) is 28.2. The summed E-state index contributed by atoms with van der Waals surface area (Å²) in [4.78, 5) is 26.9. The standard InChI is InChI=1S/C23H22N6O4S.2CH4/c1-34(31,32)18-7-5-16(6-8-18)28-21-19(14-24)22(27-15-26-21)33-17-9-12-29(13-10-17)23(30)20-4-2-3-11-25-20;;/h2-8,11,15,17H,9-10,12-13H2,1H3,(H,26,27,28);2*1H4. The van der Waals surface area contributed by atoms with Crippen molar-refractivity contribution in [1.82, 2.24) is 19.9 Å². The van der Waals surface area contributed by atoms with Gasteiger partial charge in [-0.05, 0) is 36.4 Å². The van der Waals surface area contributed by atoms with Crippen LogP contribution in [0.1, 0.15) is 43.7 Å². The SMILES string of the molecule is C.C.CS(=O)(=O)c1ccc(Nc2ncnc(OC3CCN(C(=O)c4ccccn4)CC3)c2C#N)cc1. The summed E-state index contributed by atoms with van der Waals surface area (Å²) in [6.45, 7) is 1.01. The molecule has 1 fully saturated rings. The average Bonchev–Trinajstić information content (AvgIpc) is 2.85. The van der Waals surface area contributed by atoms with Gasteiger partial charge < -0.3 is 15.0 Å². The second kappa shape index (κ2) is 12.1. The molecule has 10 nitrogen and oxygen atoms in total. The summed E-state index contributed by atoms with van der Waals surface area (Å²) in [6, 6.07) is 13.4. The van der Waals surface area contributed by atoms with Gasteiger partial charge in [-0.3, -0.25) is 9.78 Å². The Kier molecular flexibility index (Phi) is 9.46. The van der Waals surface area contributed by atoms with Crippen molar-refractivity contribution in [2.45, 2.75) is 38.7 Å². The second-order valence-corrected chi connectivity index (χ2v) is 9.78. The summed E-state index contributed by atoms with van der Waals surface area (Å²) in [5.74, 6) is 0.289. The topological polar surface area (TPSA) is 138 Å². The van der Waals surface area contributed by atoms with Gasteiger partial charge in [-0.1, -0.05) is 20.9 Å². The molecular formula is C25H30N6O4S. The zero-order valence-electron chi connectivity index (χ0n) is 18.4. The molecule has 36 heavy (non-hydrogen) atoms. The van der Waals surface area contributed by atoms with Crippen molar-refractivity contribution in [1.29, 1.82) is 5.26 Å². The molecular weight excluding hydrogens is 480 g/mol. The van der Waals surface area contributed by atoms with E-state index in [-0.39, 0.29) is 49.0 Å². The maximum Gasteiger partial charge on any atom is 0.272 e. The highest BCUT2D eigenvalue weighted by Crippen LogP contribution is 2.27. The molecule has 0 aliphatic carbocycles. The van der Waals surface area contributed by atoms with Gasteiger partial charge in [0.15, 0.2) is 21.2 Å². The molecule has 1 amide bonds. The Hall–Kier alpha value is -4.04. The van der Waals surface area contributed by atoms with Crippen LogP contribution >= 0.6 is 0 Å². The molecule has 3 heterocycles. The van der Waals surface area contributed by atoms with Crippen LogP contribution in [0.4, 0.5) is 11.5 Å². The number of anilines is 2. The van der Waals surface area contributed by atoms with Crippen LogP contribution in [0, 0.1) is 11.3 Å². The number of carbonyl (C=O) groups is 1. The van der Waals surface area contributed by atoms with Crippen molar-refractivity contribution in [3.05, 3.63) is 66.2 Å². The molecule has 1 aliphatic heterocycles. The Morgan fingerprint density at radius 2 is 1.78 bits per heavy atom. The number of ether oxygens (including phenoxy) is 1. The zero-order valence-corrected chi connectivity index (χ0v) is 19.2. The Morgan fingerprint density at radius 1 is 1.08 bits per heavy atom. The highest BCUT2D eigenvalue weighted by atomic mass is 32.2. The van der Waals surface area contributed by atoms with Crippen molar-refractivity contribution in [2.24, 2.45) is 0 Å². The number of nitrogens with zero attached hydrogens (tertiary/aromatic N) is 5. The van der Waals surface area contributed by atoms with Gasteiger partial charge in [0.05, 0.1) is 4.90 Å². The fourth-order valence-corrected chi connectivity index (χ4v) is 4.19. The second-order valence-electron chi connectivity index (χ2n) is 7.76. The van der Waals surface area contributed by atoms with Gasteiger partial charge in [0, 0.05) is 44.1 Å². The minimum absolute atomic E-state index is 0. The Balaban J connectivity index is 0.00000228. The number of benzene rings is 1. The summed E-state index contributed by atoms with van der Waals surface area (Å²) in [5, 5.41) is 12.7. The molecule has 0 saturated carbocycles. The van der Waals surface area contributed by atoms with Crippen LogP contribution in [-0.4, -0.2) is 59.6 Å². The number of aromatic nitrogens is 3. The molecule has 1 saturated heterocycles. The number of hydrogen-bond acceptors (Lipinski definition) is 9. The molecule has 1 aromatic carbocycles. The summed E-state index contributed by atoms with van der Waals surface area (Å²) < 4.78 is 29.3. The van der Waals surface area contributed by atoms with Crippen molar-refractivity contribution in [3.8, 4) is 11.9 Å². The predicted molar refractivity (Wildman–Crippen MR) is 137 cm³/mol. The first-order valence-corrected chi connectivity index (χ1v) is 12.4. The third-order valence-electron chi connectivity index (χ3n) is 5.36. The van der Waals surface area contributed by atoms with Gasteiger partial charge in [0.1, 0.15) is 24.2 Å². The Morgan fingerprint density at radius 3 is 2.36 bits per heavy atom. The lowest BCUT2D eigenvalue weighted by Crippen LogP contribution is -2.42. The number of rotatable bonds is 6. The Bertz CT molecular complexity index is 1320. The van der Waals surface area contributed by atoms with Crippen LogP contribution in [0.3, 0.4) is 0 Å². The fourth-order valence-electron chi connectivity index (χ4n) is 3.56. The molecule has 11 heteroatoms. The molecule has 3 aromatic rings. The number of amides is 1. The minimum Gasteiger partial charge on any atom is -0.473 e. The van der Waals surface area contributed by atoms with Crippen LogP contribution in [0.2, 0.25) is 0 Å². The highest BCUT2D eigenvalue weighted by molar-refractivity contribution is 7.90. The molecule has 1 N–H and O–H groups in total. The number of nitrogens with one attached hydrogen (secondary N) is 1. The molecule has 0 unspecified atom stereocenters. The van der Waals surface area contributed by atoms with E-state index < -0.39 is 9.84 Å². The number of nitriles is 1. The average molecular weight is 511 g/mol. The minimum atomic E-state index is -3.31. The lowest BCUT2D eigenvalue weighted by molar-refractivity contribution is 0.0582. The smallest absolute Gasteiger partial charge is 0.272 e. The summed E-state index contributed by atoms with van der Waals surface area (Å²) in [7, 11) is -3.31. The third-order valence-corrected chi connectivity index (χ3v) is 6.49. The lowest BCUT2D eigenvalue weighted by Gasteiger charge is -2.31. The van der Waals surface area contributed by atoms with Crippen LogP contribution in [0.5, 0.6) is 5.88 Å². The van der Waals surface area contributed by atoms with E-state index in [2.05, 4.69) is 26.3 Å². The van der Waals surface area contributed by atoms with Gasteiger partial charge in [0.2, 0.25) is 5.88 Å². The molecule has 0 spiro atoms. The number of carbonyl (C=O) groups excluding carboxylic acids is 1. The van der Waals surface area contributed by atoms with Gasteiger partial charge in [-0.15, -0.1) is 0 Å². The van der Waals surface area contributed by atoms with Gasteiger partial charge in [0.25, 0.3) is 5.91 Å². The third kappa shape index (κ3) is 6.55. The number of piperidine rings is 1. The van der Waals surface area contributed by atoms with E-state index in [9.17, 15) is 18.5 Å². The lowest BCUT2D eigenvalue weighted by atomic mass is 10.1. The molecule has 0 bridgehead atoms. The molecule has 0 atom stereocenters. The van der Waals surface area contributed by atoms with E-state index >= 15 is 0 Å². The summed E-state index contributed by atoms with van der Waals surface area (Å²) >= 11 is 0. The molecule has 2 aromatic heterocycles. The van der Waals surface area contributed by atoms with Crippen LogP contribution < -0.4 is 10.1 Å². The van der Waals surface area contributed by atoms with Crippen molar-refractivity contribution in [3.63, 3.8) is 0 Å². The molecule has 0 radical (unpaired) electrons. The van der Waals surface area contributed by atoms with Crippen LogP contribution in [0.25, 0.3) is 0 Å². The number of hydrogen-bond donors (Lipinski definition) is 1. The monoisotopic (exact) mass is 510 g/mol. The van der Waals surface area contributed by atoms with Gasteiger partial charge in [-0.2, -0.15) is 5.26 Å². The molecule has 1 aliphatic rings.